The minimum Gasteiger partial charge on any atom is -0.360 e. The smallest absolute Gasteiger partial charge is 0.183 e. The maximum Gasteiger partial charge on any atom is 0.183 e. The molecule has 0 fully saturated rings. The van der Waals surface area contributed by atoms with E-state index in [1.54, 1.807) is 11.3 Å². The molecule has 0 bridgehead atoms. The van der Waals surface area contributed by atoms with Crippen LogP contribution in [0.25, 0.3) is 10.2 Å². The van der Waals surface area contributed by atoms with Crippen LogP contribution in [0, 0.1) is 6.92 Å². The fraction of sp³-hybridized carbons (Fsp3) is 0.500. The summed E-state index contributed by atoms with van der Waals surface area (Å²) in [7, 11) is 2.15. The third-order valence-corrected chi connectivity index (χ3v) is 4.14. The molecular weight excluding hydrogens is 242 g/mol. The van der Waals surface area contributed by atoms with Crippen LogP contribution in [0.15, 0.2) is 18.2 Å². The van der Waals surface area contributed by atoms with Crippen LogP contribution in [-0.4, -0.2) is 36.1 Å². The van der Waals surface area contributed by atoms with Gasteiger partial charge in [0.1, 0.15) is 0 Å². The number of rotatable bonds is 5. The van der Waals surface area contributed by atoms with Crippen LogP contribution < -0.4 is 5.32 Å². The molecule has 1 aromatic carbocycles. The fourth-order valence-corrected chi connectivity index (χ4v) is 2.69. The summed E-state index contributed by atoms with van der Waals surface area (Å²) in [4.78, 5) is 6.91. The number of hydrogen-bond acceptors (Lipinski definition) is 4. The van der Waals surface area contributed by atoms with E-state index in [0.717, 1.165) is 23.7 Å². The fourth-order valence-electron chi connectivity index (χ4n) is 1.70. The van der Waals surface area contributed by atoms with Gasteiger partial charge in [0.2, 0.25) is 0 Å². The Kier molecular flexibility index (Phi) is 4.19. The summed E-state index contributed by atoms with van der Waals surface area (Å²) in [5.41, 5.74) is 2.38. The van der Waals surface area contributed by atoms with E-state index in [2.05, 4.69) is 61.2 Å². The minimum absolute atomic E-state index is 0.588. The lowest BCUT2D eigenvalue weighted by Crippen LogP contribution is -2.31. The van der Waals surface area contributed by atoms with Crippen molar-refractivity contribution in [1.82, 2.24) is 9.88 Å². The van der Waals surface area contributed by atoms with E-state index in [-0.39, 0.29) is 0 Å². The number of nitrogens with zero attached hydrogens (tertiary/aromatic N) is 2. The van der Waals surface area contributed by atoms with Crippen molar-refractivity contribution >= 4 is 26.7 Å². The van der Waals surface area contributed by atoms with E-state index < -0.39 is 0 Å². The maximum absolute atomic E-state index is 4.58. The van der Waals surface area contributed by atoms with E-state index in [4.69, 9.17) is 0 Å². The van der Waals surface area contributed by atoms with Gasteiger partial charge in [0.15, 0.2) is 5.13 Å². The molecule has 98 valence electrons. The van der Waals surface area contributed by atoms with Crippen LogP contribution in [0.2, 0.25) is 0 Å². The second kappa shape index (κ2) is 5.67. The van der Waals surface area contributed by atoms with Crippen LogP contribution in [0.1, 0.15) is 19.4 Å². The highest BCUT2D eigenvalue weighted by Crippen LogP contribution is 2.26. The first-order valence-corrected chi connectivity index (χ1v) is 7.19. The average Bonchev–Trinajstić information content (AvgIpc) is 2.70. The van der Waals surface area contributed by atoms with E-state index in [0.29, 0.717) is 6.04 Å². The number of benzene rings is 1. The molecule has 0 saturated heterocycles. The van der Waals surface area contributed by atoms with Gasteiger partial charge < -0.3 is 10.2 Å². The van der Waals surface area contributed by atoms with Crippen LogP contribution in [0.5, 0.6) is 0 Å². The third-order valence-electron chi connectivity index (χ3n) is 3.17. The molecule has 1 N–H and O–H groups in total. The van der Waals surface area contributed by atoms with Crippen LogP contribution in [0.4, 0.5) is 5.13 Å². The van der Waals surface area contributed by atoms with Crippen molar-refractivity contribution in [3.8, 4) is 0 Å². The number of aromatic nitrogens is 1. The zero-order valence-corrected chi connectivity index (χ0v) is 12.3. The third kappa shape index (κ3) is 3.21. The predicted octanol–water partition coefficient (Wildman–Crippen LogP) is 3.36. The normalized spacial score (nSPS) is 11.7. The van der Waals surface area contributed by atoms with Gasteiger partial charge >= 0.3 is 0 Å². The lowest BCUT2D eigenvalue weighted by molar-refractivity contribution is 0.284. The maximum atomic E-state index is 4.58. The van der Waals surface area contributed by atoms with Gasteiger partial charge in [0, 0.05) is 19.1 Å². The largest absolute Gasteiger partial charge is 0.360 e. The second-order valence-electron chi connectivity index (χ2n) is 4.99. The first-order chi connectivity index (χ1) is 8.56. The molecule has 0 spiro atoms. The topological polar surface area (TPSA) is 28.2 Å². The van der Waals surface area contributed by atoms with Gasteiger partial charge in [0.25, 0.3) is 0 Å². The average molecular weight is 263 g/mol. The molecule has 0 saturated carbocycles. The van der Waals surface area contributed by atoms with Crippen molar-refractivity contribution in [2.45, 2.75) is 26.8 Å². The Hall–Kier alpha value is -1.13. The Balaban J connectivity index is 1.96. The Labute approximate surface area is 113 Å². The number of aryl methyl sites for hydroxylation is 1. The summed E-state index contributed by atoms with van der Waals surface area (Å²) in [6.45, 7) is 8.50. The van der Waals surface area contributed by atoms with Crippen molar-refractivity contribution < 1.29 is 0 Å². The number of thiazole rings is 1. The molecule has 1 aromatic heterocycles. The Bertz CT molecular complexity index is 519. The molecule has 2 rings (SSSR count). The van der Waals surface area contributed by atoms with E-state index in [9.17, 15) is 0 Å². The summed E-state index contributed by atoms with van der Waals surface area (Å²) in [5.74, 6) is 0. The first kappa shape index (κ1) is 13.3. The van der Waals surface area contributed by atoms with E-state index in [1.807, 2.05) is 0 Å². The number of likely N-dealkylation sites (N-methyl/N-ethyl adjacent to an activating group) is 1. The molecule has 0 radical (unpaired) electrons. The van der Waals surface area contributed by atoms with Crippen molar-refractivity contribution in [3.05, 3.63) is 23.8 Å². The molecule has 3 nitrogen and oxygen atoms in total. The summed E-state index contributed by atoms with van der Waals surface area (Å²) < 4.78 is 1.26. The van der Waals surface area contributed by atoms with Crippen molar-refractivity contribution in [2.75, 3.05) is 25.5 Å². The molecular formula is C14H21N3S. The zero-order chi connectivity index (χ0) is 13.1. The van der Waals surface area contributed by atoms with Crippen LogP contribution in [-0.2, 0) is 0 Å². The van der Waals surface area contributed by atoms with Crippen molar-refractivity contribution in [2.24, 2.45) is 0 Å². The first-order valence-electron chi connectivity index (χ1n) is 6.37. The number of nitrogens with one attached hydrogen (secondary N) is 1. The molecule has 0 amide bonds. The molecule has 0 atom stereocenters. The van der Waals surface area contributed by atoms with E-state index >= 15 is 0 Å². The second-order valence-corrected chi connectivity index (χ2v) is 6.02. The lowest BCUT2D eigenvalue weighted by atomic mass is 10.2. The lowest BCUT2D eigenvalue weighted by Gasteiger charge is -2.20. The van der Waals surface area contributed by atoms with Gasteiger partial charge in [-0.3, -0.25) is 0 Å². The molecule has 2 aromatic rings. The molecule has 0 aliphatic carbocycles. The van der Waals surface area contributed by atoms with Gasteiger partial charge in [-0.05, 0) is 45.5 Å². The summed E-state index contributed by atoms with van der Waals surface area (Å²) in [6.07, 6.45) is 0. The Morgan fingerprint density at radius 3 is 2.89 bits per heavy atom. The highest BCUT2D eigenvalue weighted by molar-refractivity contribution is 7.22. The SMILES string of the molecule is Cc1ccc2nc(NCCN(C)C(C)C)sc2c1. The van der Waals surface area contributed by atoms with Crippen molar-refractivity contribution in [1.29, 1.82) is 0 Å². The highest BCUT2D eigenvalue weighted by atomic mass is 32.1. The van der Waals surface area contributed by atoms with Gasteiger partial charge in [-0.25, -0.2) is 4.98 Å². The zero-order valence-electron chi connectivity index (χ0n) is 11.5. The van der Waals surface area contributed by atoms with E-state index in [1.165, 1.54) is 10.3 Å². The number of hydrogen-bond donors (Lipinski definition) is 1. The predicted molar refractivity (Wildman–Crippen MR) is 80.6 cm³/mol. The minimum atomic E-state index is 0.588. The molecule has 1 heterocycles. The highest BCUT2D eigenvalue weighted by Gasteiger charge is 2.05. The van der Waals surface area contributed by atoms with Gasteiger partial charge in [-0.15, -0.1) is 0 Å². The summed E-state index contributed by atoms with van der Waals surface area (Å²) >= 11 is 1.73. The van der Waals surface area contributed by atoms with Gasteiger partial charge in [0.05, 0.1) is 10.2 Å². The Morgan fingerprint density at radius 1 is 1.39 bits per heavy atom. The van der Waals surface area contributed by atoms with Crippen LogP contribution in [0.3, 0.4) is 0 Å². The Morgan fingerprint density at radius 2 is 2.17 bits per heavy atom. The molecule has 4 heteroatoms. The monoisotopic (exact) mass is 263 g/mol. The van der Waals surface area contributed by atoms with Crippen molar-refractivity contribution in [3.63, 3.8) is 0 Å². The summed E-state index contributed by atoms with van der Waals surface area (Å²) in [6, 6.07) is 6.98. The molecule has 0 aliphatic heterocycles. The molecule has 18 heavy (non-hydrogen) atoms. The summed E-state index contributed by atoms with van der Waals surface area (Å²) in [5, 5.41) is 4.43. The van der Waals surface area contributed by atoms with Gasteiger partial charge in [-0.1, -0.05) is 17.4 Å². The van der Waals surface area contributed by atoms with Crippen LogP contribution >= 0.6 is 11.3 Å². The molecule has 0 unspecified atom stereocenters. The molecule has 0 aliphatic rings. The number of fused-ring (bicyclic) bond motifs is 1. The number of anilines is 1. The quantitative estimate of drug-likeness (QED) is 0.896. The standard InChI is InChI=1S/C14H21N3S/c1-10(2)17(4)8-7-15-14-16-12-6-5-11(3)9-13(12)18-14/h5-6,9-10H,7-8H2,1-4H3,(H,15,16). The van der Waals surface area contributed by atoms with Gasteiger partial charge in [-0.2, -0.15) is 0 Å².